The Kier molecular flexibility index (Phi) is 21.8. The number of likely N-dealkylation sites (tertiary alicyclic amines) is 1. The van der Waals surface area contributed by atoms with E-state index in [0.29, 0.717) is 11.4 Å². The van der Waals surface area contributed by atoms with Gasteiger partial charge in [0.1, 0.15) is 42.9 Å². The van der Waals surface area contributed by atoms with Crippen molar-refractivity contribution in [1.82, 2.24) is 41.8 Å². The summed E-state index contributed by atoms with van der Waals surface area (Å²) in [6.07, 6.45) is -3.48. The lowest BCUT2D eigenvalue weighted by molar-refractivity contribution is -0.162. The van der Waals surface area contributed by atoms with E-state index in [1.54, 1.807) is 13.8 Å². The Morgan fingerprint density at radius 2 is 1.52 bits per heavy atom. The van der Waals surface area contributed by atoms with Crippen LogP contribution in [0.2, 0.25) is 0 Å². The van der Waals surface area contributed by atoms with Crippen molar-refractivity contribution in [3.05, 3.63) is 29.8 Å². The van der Waals surface area contributed by atoms with Crippen LogP contribution in [0.1, 0.15) is 59.4 Å². The first-order chi connectivity index (χ1) is 32.5. The minimum atomic E-state index is -1.80. The highest BCUT2D eigenvalue weighted by Crippen LogP contribution is 2.29. The number of primary amides is 1. The van der Waals surface area contributed by atoms with Gasteiger partial charge in [-0.05, 0) is 24.5 Å². The SMILES string of the molecule is CC[C@H](C)[C@H](NC(=O)CNC(=O)CN)C(=O)NCC(=O)NC(CSc1[nH]c2ccccc2c1C)C(=O)NC(CC(N)=O)C(=O)N1CC(O)C[C@H]1C(=O)N[C@H](C(=O)O)[C@@H](C)[C@H](COC(C)=O)OC(C)=O. The first-order valence-corrected chi connectivity index (χ1v) is 22.9. The third-order valence-electron chi connectivity index (χ3n) is 11.2. The van der Waals surface area contributed by atoms with E-state index in [9.17, 15) is 63.0 Å². The van der Waals surface area contributed by atoms with Crippen LogP contribution in [0, 0.1) is 18.8 Å². The maximum absolute atomic E-state index is 14.3. The standard InChI is InChI=1S/C43H62N10O15S/c1-7-20(2)36(51-35(60)15-46-33(58)14-44)40(63)47-16-34(59)48-29(19-69-41-21(3)26-10-8-9-11-27(26)50-41)38(61)49-28(13-32(45)57)42(64)53-17-25(56)12-30(53)39(62)52-37(43(65)66)22(4)31(68-24(6)55)18-67-23(5)54/h8-11,20,22,25,28-31,36-37,50,56H,7,12-19,44H2,1-6H3,(H2,45,57)(H,46,58)(H,47,63)(H,48,59)(H,49,61)(H,51,60)(H,52,62)(H,65,66)/t20-,22-,25?,28?,29?,30-,31-,36-,37-/m0/s1. The predicted octanol–water partition coefficient (Wildman–Crippen LogP) is -3.20. The number of H-pyrrole nitrogens is 1. The number of hydrogen-bond acceptors (Lipinski definition) is 16. The zero-order chi connectivity index (χ0) is 51.7. The summed E-state index contributed by atoms with van der Waals surface area (Å²) >= 11 is 1.12. The van der Waals surface area contributed by atoms with Gasteiger partial charge in [-0.25, -0.2) is 4.79 Å². The van der Waals surface area contributed by atoms with Gasteiger partial charge in [0.2, 0.25) is 47.3 Å². The Hall–Kier alpha value is -6.80. The Morgan fingerprint density at radius 3 is 2.12 bits per heavy atom. The van der Waals surface area contributed by atoms with Gasteiger partial charge < -0.3 is 72.9 Å². The normalized spacial score (nSPS) is 17.4. The lowest BCUT2D eigenvalue weighted by atomic mass is 9.95. The van der Waals surface area contributed by atoms with Gasteiger partial charge >= 0.3 is 17.9 Å². The molecule has 0 bridgehead atoms. The van der Waals surface area contributed by atoms with Crippen molar-refractivity contribution in [3.63, 3.8) is 0 Å². The van der Waals surface area contributed by atoms with Crippen molar-refractivity contribution in [1.29, 1.82) is 0 Å². The number of carbonyl (C=O) groups excluding carboxylic acids is 10. The average molecular weight is 991 g/mol. The molecule has 3 unspecified atom stereocenters. The van der Waals surface area contributed by atoms with Crippen LogP contribution in [-0.2, 0) is 62.2 Å². The molecule has 2 aromatic rings. The van der Waals surface area contributed by atoms with Crippen LogP contribution < -0.4 is 43.4 Å². The molecule has 1 aromatic heterocycles. The van der Waals surface area contributed by atoms with Gasteiger partial charge in [-0.1, -0.05) is 45.4 Å². The van der Waals surface area contributed by atoms with Gasteiger partial charge in [0.15, 0.2) is 0 Å². The molecule has 380 valence electrons. The molecule has 1 aliphatic heterocycles. The predicted molar refractivity (Wildman–Crippen MR) is 245 cm³/mol. The van der Waals surface area contributed by atoms with E-state index in [1.807, 2.05) is 31.2 Å². The number of carbonyl (C=O) groups is 11. The van der Waals surface area contributed by atoms with E-state index in [-0.39, 0.29) is 12.3 Å². The number of fused-ring (bicyclic) bond motifs is 1. The summed E-state index contributed by atoms with van der Waals surface area (Å²) in [7, 11) is 0. The van der Waals surface area contributed by atoms with Gasteiger partial charge in [0, 0.05) is 49.4 Å². The summed E-state index contributed by atoms with van der Waals surface area (Å²) in [5.74, 6) is -12.2. The molecule has 0 saturated carbocycles. The number of nitrogens with one attached hydrogen (secondary N) is 7. The molecule has 25 nitrogen and oxygen atoms in total. The minimum absolute atomic E-state index is 0.190. The number of aliphatic carboxylic acids is 1. The van der Waals surface area contributed by atoms with E-state index < -0.39 is 159 Å². The number of para-hydroxylation sites is 1. The molecular weight excluding hydrogens is 929 g/mol. The molecule has 13 N–H and O–H groups in total. The first-order valence-electron chi connectivity index (χ1n) is 21.9. The molecule has 1 fully saturated rings. The lowest BCUT2D eigenvalue weighted by Gasteiger charge is -2.32. The number of carboxylic acids is 1. The fourth-order valence-electron chi connectivity index (χ4n) is 7.22. The van der Waals surface area contributed by atoms with Gasteiger partial charge in [-0.3, -0.25) is 47.9 Å². The molecule has 69 heavy (non-hydrogen) atoms. The van der Waals surface area contributed by atoms with E-state index in [0.717, 1.165) is 47.0 Å². The van der Waals surface area contributed by atoms with E-state index in [1.165, 1.54) is 6.92 Å². The average Bonchev–Trinajstić information content (AvgIpc) is 3.85. The Morgan fingerprint density at radius 1 is 0.870 bits per heavy atom. The monoisotopic (exact) mass is 990 g/mol. The first kappa shape index (κ1) is 56.5. The Labute approximate surface area is 401 Å². The number of carboxylic acid groups (broad SMARTS) is 1. The number of nitrogens with two attached hydrogens (primary N) is 2. The smallest absolute Gasteiger partial charge is 0.326 e. The maximum atomic E-state index is 14.3. The molecule has 2 heterocycles. The third kappa shape index (κ3) is 17.0. The zero-order valence-electron chi connectivity index (χ0n) is 39.1. The van der Waals surface area contributed by atoms with Crippen LogP contribution >= 0.6 is 11.8 Å². The lowest BCUT2D eigenvalue weighted by Crippen LogP contribution is -2.60. The number of hydrogen-bond donors (Lipinski definition) is 11. The summed E-state index contributed by atoms with van der Waals surface area (Å²) in [6.45, 7) is 6.13. The van der Waals surface area contributed by atoms with Gasteiger partial charge in [-0.2, -0.15) is 0 Å². The van der Waals surface area contributed by atoms with Crippen molar-refractivity contribution in [3.8, 4) is 0 Å². The van der Waals surface area contributed by atoms with Crippen molar-refractivity contribution in [2.45, 2.75) is 108 Å². The molecule has 0 radical (unpaired) electrons. The molecule has 9 atom stereocenters. The molecule has 0 spiro atoms. The molecule has 1 aromatic carbocycles. The summed E-state index contributed by atoms with van der Waals surface area (Å²) in [4.78, 5) is 145. The fraction of sp³-hybridized carbons (Fsp3) is 0.558. The van der Waals surface area contributed by atoms with Crippen LogP contribution in [0.5, 0.6) is 0 Å². The number of aromatic amines is 1. The molecule has 8 amide bonds. The van der Waals surface area contributed by atoms with Gasteiger partial charge in [0.25, 0.3) is 0 Å². The number of thioether (sulfide) groups is 1. The number of ether oxygens (including phenoxy) is 2. The summed E-state index contributed by atoms with van der Waals surface area (Å²) in [6, 6.07) is -0.410. The highest BCUT2D eigenvalue weighted by molar-refractivity contribution is 7.99. The van der Waals surface area contributed by atoms with Crippen LogP contribution in [0.3, 0.4) is 0 Å². The number of aryl methyl sites for hydroxylation is 1. The van der Waals surface area contributed by atoms with Gasteiger partial charge in [-0.15, -0.1) is 11.8 Å². The summed E-state index contributed by atoms with van der Waals surface area (Å²) in [5, 5.41) is 36.8. The van der Waals surface area contributed by atoms with Crippen LogP contribution in [-0.4, -0.2) is 166 Å². The van der Waals surface area contributed by atoms with Gasteiger partial charge in [0.05, 0.1) is 37.2 Å². The number of aliphatic hydroxyl groups excluding tert-OH is 1. The van der Waals surface area contributed by atoms with Crippen molar-refractivity contribution in [2.24, 2.45) is 23.3 Å². The number of aromatic nitrogens is 1. The third-order valence-corrected chi connectivity index (χ3v) is 12.4. The second kappa shape index (κ2) is 26.7. The molecule has 0 aliphatic carbocycles. The topological polar surface area (TPSA) is 390 Å². The minimum Gasteiger partial charge on any atom is -0.480 e. The number of benzene rings is 1. The number of esters is 2. The van der Waals surface area contributed by atoms with Crippen LogP contribution in [0.15, 0.2) is 29.3 Å². The maximum Gasteiger partial charge on any atom is 0.326 e. The number of nitrogens with zero attached hydrogens (tertiary/aromatic N) is 1. The Balaban J connectivity index is 1.88. The van der Waals surface area contributed by atoms with E-state index >= 15 is 0 Å². The van der Waals surface area contributed by atoms with Crippen molar-refractivity contribution in [2.75, 3.05) is 38.5 Å². The summed E-state index contributed by atoms with van der Waals surface area (Å²) in [5.41, 5.74) is 12.4. The zero-order valence-corrected chi connectivity index (χ0v) is 39.9. The Bertz CT molecular complexity index is 2240. The quantitative estimate of drug-likeness (QED) is 0.0327. The second-order valence-corrected chi connectivity index (χ2v) is 17.5. The molecule has 1 aliphatic rings. The van der Waals surface area contributed by atoms with E-state index in [2.05, 4.69) is 36.9 Å². The van der Waals surface area contributed by atoms with Crippen molar-refractivity contribution < 1.29 is 72.4 Å². The summed E-state index contributed by atoms with van der Waals surface area (Å²) < 4.78 is 10.1. The number of amides is 8. The molecular formula is C43H62N10O15S. The second-order valence-electron chi connectivity index (χ2n) is 16.4. The number of rotatable bonds is 26. The molecule has 3 rings (SSSR count). The highest BCUT2D eigenvalue weighted by atomic mass is 32.2. The molecule has 1 saturated heterocycles. The van der Waals surface area contributed by atoms with E-state index in [4.69, 9.17) is 20.9 Å². The number of aliphatic hydroxyl groups is 1. The number of β-amino-alcohol motifs (C(OH)–C–C–N with tert-alkyl or cyclic N) is 1. The molecule has 26 heteroatoms. The van der Waals surface area contributed by atoms with Crippen molar-refractivity contribution >= 4 is 87.8 Å². The highest BCUT2D eigenvalue weighted by Gasteiger charge is 2.44. The fourth-order valence-corrected chi connectivity index (χ4v) is 8.30. The largest absolute Gasteiger partial charge is 0.480 e. The van der Waals surface area contributed by atoms with Crippen LogP contribution in [0.4, 0.5) is 0 Å². The van der Waals surface area contributed by atoms with Crippen LogP contribution in [0.25, 0.3) is 10.9 Å².